The van der Waals surface area contributed by atoms with Crippen LogP contribution in [-0.2, 0) is 4.79 Å². The minimum absolute atomic E-state index is 0.250. The highest BCUT2D eigenvalue weighted by Gasteiger charge is 1.85. The largest absolute Gasteiger partial charge is 0.483 e. The van der Waals surface area contributed by atoms with Crippen molar-refractivity contribution >= 4 is 6.47 Å². The molecular formula is C10H22O2. The zero-order valence-electron chi connectivity index (χ0n) is 8.38. The van der Waals surface area contributed by atoms with Gasteiger partial charge in [-0.2, -0.15) is 0 Å². The molecule has 0 aromatic carbocycles. The molecule has 2 nitrogen and oxygen atoms in total. The Hall–Kier alpha value is -0.530. The second-order valence-corrected chi connectivity index (χ2v) is 2.87. The molecule has 0 unspecified atom stereocenters. The lowest BCUT2D eigenvalue weighted by atomic mass is 10.1. The fourth-order valence-electron chi connectivity index (χ4n) is 1.03. The Bertz CT molecular complexity index is 66.2. The Balaban J connectivity index is 0. The van der Waals surface area contributed by atoms with Crippen LogP contribution in [0.2, 0.25) is 0 Å². The average Bonchev–Trinajstić information content (AvgIpc) is 2.06. The van der Waals surface area contributed by atoms with Crippen molar-refractivity contribution in [3.8, 4) is 0 Å². The van der Waals surface area contributed by atoms with E-state index in [-0.39, 0.29) is 6.47 Å². The number of unbranched alkanes of at least 4 members (excludes halogenated alkanes) is 6. The van der Waals surface area contributed by atoms with Gasteiger partial charge in [0.1, 0.15) is 0 Å². The van der Waals surface area contributed by atoms with Crippen molar-refractivity contribution in [1.29, 1.82) is 0 Å². The molecular weight excluding hydrogens is 152 g/mol. The standard InChI is InChI=1S/C9H20.CH2O2/c1-3-5-7-9-8-6-4-2;2-1-3/h3-9H2,1-2H3;1H,(H,2,3). The maximum atomic E-state index is 8.36. The van der Waals surface area contributed by atoms with Crippen LogP contribution >= 0.6 is 0 Å². The SMILES string of the molecule is CCCCCCCCC.O=CO. The van der Waals surface area contributed by atoms with Gasteiger partial charge in [0.05, 0.1) is 0 Å². The third-order valence-electron chi connectivity index (χ3n) is 1.71. The summed E-state index contributed by atoms with van der Waals surface area (Å²) in [5.41, 5.74) is 0. The molecule has 0 atom stereocenters. The van der Waals surface area contributed by atoms with Crippen LogP contribution in [0.1, 0.15) is 58.8 Å². The second kappa shape index (κ2) is 16.8. The van der Waals surface area contributed by atoms with Gasteiger partial charge >= 0.3 is 0 Å². The van der Waals surface area contributed by atoms with Gasteiger partial charge in [-0.15, -0.1) is 0 Å². The minimum atomic E-state index is -0.250. The van der Waals surface area contributed by atoms with Crippen molar-refractivity contribution in [2.24, 2.45) is 0 Å². The molecule has 0 rings (SSSR count). The Morgan fingerprint density at radius 3 is 1.42 bits per heavy atom. The van der Waals surface area contributed by atoms with Crippen molar-refractivity contribution in [2.75, 3.05) is 0 Å². The highest BCUT2D eigenvalue weighted by molar-refractivity contribution is 5.32. The van der Waals surface area contributed by atoms with E-state index in [1.165, 1.54) is 44.9 Å². The molecule has 0 amide bonds. The number of rotatable bonds is 6. The first-order chi connectivity index (χ1) is 5.83. The van der Waals surface area contributed by atoms with Crippen molar-refractivity contribution < 1.29 is 9.90 Å². The van der Waals surface area contributed by atoms with Gasteiger partial charge in [0.25, 0.3) is 6.47 Å². The Morgan fingerprint density at radius 1 is 0.917 bits per heavy atom. The normalized spacial score (nSPS) is 8.50. The van der Waals surface area contributed by atoms with Gasteiger partial charge in [-0.3, -0.25) is 4.79 Å². The predicted octanol–water partition coefficient (Wildman–Crippen LogP) is 3.46. The third kappa shape index (κ3) is 22.7. The maximum absolute atomic E-state index is 8.36. The van der Waals surface area contributed by atoms with Gasteiger partial charge in [-0.25, -0.2) is 0 Å². The van der Waals surface area contributed by atoms with Gasteiger partial charge in [-0.05, 0) is 0 Å². The van der Waals surface area contributed by atoms with E-state index < -0.39 is 0 Å². The molecule has 12 heavy (non-hydrogen) atoms. The first-order valence-electron chi connectivity index (χ1n) is 4.91. The molecule has 0 aliphatic heterocycles. The maximum Gasteiger partial charge on any atom is 0.290 e. The van der Waals surface area contributed by atoms with Crippen LogP contribution in [0.3, 0.4) is 0 Å². The van der Waals surface area contributed by atoms with Gasteiger partial charge in [0.15, 0.2) is 0 Å². The van der Waals surface area contributed by atoms with Crippen LogP contribution in [0.4, 0.5) is 0 Å². The minimum Gasteiger partial charge on any atom is -0.483 e. The molecule has 0 aromatic heterocycles. The van der Waals surface area contributed by atoms with E-state index in [1.807, 2.05) is 0 Å². The van der Waals surface area contributed by atoms with Crippen LogP contribution in [0.5, 0.6) is 0 Å². The van der Waals surface area contributed by atoms with E-state index >= 15 is 0 Å². The molecule has 2 heteroatoms. The van der Waals surface area contributed by atoms with E-state index in [0.29, 0.717) is 0 Å². The van der Waals surface area contributed by atoms with Crippen molar-refractivity contribution in [3.05, 3.63) is 0 Å². The first-order valence-corrected chi connectivity index (χ1v) is 4.91. The van der Waals surface area contributed by atoms with Crippen LogP contribution in [0.15, 0.2) is 0 Å². The first kappa shape index (κ1) is 14.0. The summed E-state index contributed by atoms with van der Waals surface area (Å²) in [5, 5.41) is 6.89. The van der Waals surface area contributed by atoms with Gasteiger partial charge in [0, 0.05) is 0 Å². The molecule has 0 saturated carbocycles. The summed E-state index contributed by atoms with van der Waals surface area (Å²) >= 11 is 0. The van der Waals surface area contributed by atoms with Gasteiger partial charge < -0.3 is 5.11 Å². The summed E-state index contributed by atoms with van der Waals surface area (Å²) < 4.78 is 0. The zero-order chi connectivity index (χ0) is 9.66. The molecule has 0 fully saturated rings. The Morgan fingerprint density at radius 2 is 1.17 bits per heavy atom. The zero-order valence-corrected chi connectivity index (χ0v) is 8.38. The summed E-state index contributed by atoms with van der Waals surface area (Å²) in [5.74, 6) is 0. The van der Waals surface area contributed by atoms with E-state index in [0.717, 1.165) is 0 Å². The molecule has 0 aliphatic rings. The van der Waals surface area contributed by atoms with Crippen LogP contribution in [-0.4, -0.2) is 11.6 Å². The summed E-state index contributed by atoms with van der Waals surface area (Å²) in [6.45, 7) is 4.28. The molecule has 1 N–H and O–H groups in total. The monoisotopic (exact) mass is 174 g/mol. The molecule has 74 valence electrons. The van der Waals surface area contributed by atoms with E-state index in [2.05, 4.69) is 13.8 Å². The fraction of sp³-hybridized carbons (Fsp3) is 0.900. The number of carbonyl (C=O) groups is 1. The smallest absolute Gasteiger partial charge is 0.290 e. The van der Waals surface area contributed by atoms with Gasteiger partial charge in [0.2, 0.25) is 0 Å². The molecule has 0 aliphatic carbocycles. The third-order valence-corrected chi connectivity index (χ3v) is 1.71. The average molecular weight is 174 g/mol. The molecule has 0 radical (unpaired) electrons. The second-order valence-electron chi connectivity index (χ2n) is 2.87. The Kier molecular flexibility index (Phi) is 19.7. The Labute approximate surface area is 76.0 Å². The van der Waals surface area contributed by atoms with Crippen LogP contribution < -0.4 is 0 Å². The van der Waals surface area contributed by atoms with Crippen LogP contribution in [0, 0.1) is 0 Å². The van der Waals surface area contributed by atoms with Crippen molar-refractivity contribution in [2.45, 2.75) is 58.8 Å². The fourth-order valence-corrected chi connectivity index (χ4v) is 1.03. The highest BCUT2D eigenvalue weighted by atomic mass is 16.3. The number of hydrogen-bond donors (Lipinski definition) is 1. The predicted molar refractivity (Wildman–Crippen MR) is 52.4 cm³/mol. The summed E-state index contributed by atoms with van der Waals surface area (Å²) in [4.78, 5) is 8.36. The number of hydrogen-bond acceptors (Lipinski definition) is 1. The van der Waals surface area contributed by atoms with E-state index in [4.69, 9.17) is 9.90 Å². The molecule has 0 heterocycles. The van der Waals surface area contributed by atoms with Crippen molar-refractivity contribution in [3.63, 3.8) is 0 Å². The summed E-state index contributed by atoms with van der Waals surface area (Å²) in [7, 11) is 0. The van der Waals surface area contributed by atoms with Crippen molar-refractivity contribution in [1.82, 2.24) is 0 Å². The highest BCUT2D eigenvalue weighted by Crippen LogP contribution is 2.05. The van der Waals surface area contributed by atoms with E-state index in [9.17, 15) is 0 Å². The quantitative estimate of drug-likeness (QED) is 0.494. The summed E-state index contributed by atoms with van der Waals surface area (Å²) in [6, 6.07) is 0. The van der Waals surface area contributed by atoms with E-state index in [1.54, 1.807) is 0 Å². The molecule has 0 aromatic rings. The van der Waals surface area contributed by atoms with Crippen LogP contribution in [0.25, 0.3) is 0 Å². The van der Waals surface area contributed by atoms with Gasteiger partial charge in [-0.1, -0.05) is 58.8 Å². The molecule has 0 bridgehead atoms. The lowest BCUT2D eigenvalue weighted by Crippen LogP contribution is -1.76. The number of carboxylic acid groups (broad SMARTS) is 1. The summed E-state index contributed by atoms with van der Waals surface area (Å²) in [6.07, 6.45) is 9.97. The molecule has 0 spiro atoms. The molecule has 0 saturated heterocycles. The lowest BCUT2D eigenvalue weighted by molar-refractivity contribution is -0.122. The lowest BCUT2D eigenvalue weighted by Gasteiger charge is -1.96. The topological polar surface area (TPSA) is 37.3 Å².